The van der Waals surface area contributed by atoms with Crippen LogP contribution in [0.2, 0.25) is 0 Å². The number of carbonyl (C=O) groups is 1. The Balaban J connectivity index is 1.68. The molecule has 0 saturated heterocycles. The molecule has 1 heterocycles. The van der Waals surface area contributed by atoms with Crippen molar-refractivity contribution < 1.29 is 4.79 Å². The summed E-state index contributed by atoms with van der Waals surface area (Å²) in [5.41, 5.74) is 2.56. The molecule has 1 unspecified atom stereocenters. The van der Waals surface area contributed by atoms with E-state index in [1.165, 1.54) is 10.9 Å². The van der Waals surface area contributed by atoms with Crippen molar-refractivity contribution in [3.63, 3.8) is 0 Å². The zero-order chi connectivity index (χ0) is 18.7. The molecule has 0 saturated carbocycles. The zero-order valence-corrected chi connectivity index (χ0v) is 16.3. The van der Waals surface area contributed by atoms with Gasteiger partial charge in [-0.2, -0.15) is 0 Å². The van der Waals surface area contributed by atoms with Crippen LogP contribution in [-0.2, 0) is 17.8 Å². The fourth-order valence-corrected chi connectivity index (χ4v) is 3.21. The Morgan fingerprint density at radius 3 is 2.69 bits per heavy atom. The van der Waals surface area contributed by atoms with Gasteiger partial charge >= 0.3 is 0 Å². The predicted octanol–water partition coefficient (Wildman–Crippen LogP) is 3.21. The highest BCUT2D eigenvalue weighted by molar-refractivity contribution is 9.10. The molecule has 1 N–H and O–H groups in total. The van der Waals surface area contributed by atoms with Gasteiger partial charge in [0.25, 0.3) is 5.56 Å². The van der Waals surface area contributed by atoms with Crippen LogP contribution >= 0.6 is 15.9 Å². The first kappa shape index (κ1) is 18.3. The summed E-state index contributed by atoms with van der Waals surface area (Å²) in [5.74, 6) is -0.203. The second-order valence-electron chi connectivity index (χ2n) is 6.45. The van der Waals surface area contributed by atoms with E-state index in [1.807, 2.05) is 50.2 Å². The first-order valence-corrected chi connectivity index (χ1v) is 9.22. The molecule has 0 fully saturated rings. The second-order valence-corrected chi connectivity index (χ2v) is 7.36. The standard InChI is InChI=1S/C20H20BrN3O2/c1-13-4-3-5-17-19(13)22-12-24(20(17)26)11-18(25)23-14(2)10-15-6-8-16(21)9-7-15/h3-9,12,14H,10-11H2,1-2H3,(H,23,25). The molecule has 0 spiro atoms. The Hall–Kier alpha value is -2.47. The van der Waals surface area contributed by atoms with Crippen LogP contribution in [0, 0.1) is 6.92 Å². The molecule has 1 amide bonds. The molecule has 26 heavy (non-hydrogen) atoms. The molecule has 0 aliphatic carbocycles. The van der Waals surface area contributed by atoms with Crippen LogP contribution in [0.4, 0.5) is 0 Å². The summed E-state index contributed by atoms with van der Waals surface area (Å²) in [4.78, 5) is 29.2. The van der Waals surface area contributed by atoms with Crippen molar-refractivity contribution in [2.75, 3.05) is 0 Å². The van der Waals surface area contributed by atoms with Crippen LogP contribution in [0.3, 0.4) is 0 Å². The number of fused-ring (bicyclic) bond motifs is 1. The summed E-state index contributed by atoms with van der Waals surface area (Å²) in [6, 6.07) is 13.4. The fourth-order valence-electron chi connectivity index (χ4n) is 2.95. The summed E-state index contributed by atoms with van der Waals surface area (Å²) in [7, 11) is 0. The summed E-state index contributed by atoms with van der Waals surface area (Å²) >= 11 is 3.41. The smallest absolute Gasteiger partial charge is 0.261 e. The van der Waals surface area contributed by atoms with Crippen LogP contribution in [0.15, 0.2) is 58.1 Å². The normalized spacial score (nSPS) is 12.1. The maximum Gasteiger partial charge on any atom is 0.261 e. The lowest BCUT2D eigenvalue weighted by Gasteiger charge is -2.15. The van der Waals surface area contributed by atoms with E-state index in [4.69, 9.17) is 0 Å². The Morgan fingerprint density at radius 1 is 1.23 bits per heavy atom. The number of halogens is 1. The number of amides is 1. The van der Waals surface area contributed by atoms with Gasteiger partial charge < -0.3 is 5.32 Å². The highest BCUT2D eigenvalue weighted by Gasteiger charge is 2.12. The van der Waals surface area contributed by atoms with Gasteiger partial charge in [-0.05, 0) is 49.6 Å². The Labute approximate surface area is 160 Å². The van der Waals surface area contributed by atoms with E-state index < -0.39 is 0 Å². The number of hydrogen-bond acceptors (Lipinski definition) is 3. The first-order chi connectivity index (χ1) is 12.4. The van der Waals surface area contributed by atoms with E-state index in [2.05, 4.69) is 26.2 Å². The topological polar surface area (TPSA) is 64.0 Å². The van der Waals surface area contributed by atoms with Crippen LogP contribution in [0.1, 0.15) is 18.1 Å². The number of hydrogen-bond donors (Lipinski definition) is 1. The molecule has 3 aromatic rings. The molecule has 5 nitrogen and oxygen atoms in total. The van der Waals surface area contributed by atoms with E-state index >= 15 is 0 Å². The minimum Gasteiger partial charge on any atom is -0.352 e. The highest BCUT2D eigenvalue weighted by Crippen LogP contribution is 2.12. The Morgan fingerprint density at radius 2 is 1.96 bits per heavy atom. The quantitative estimate of drug-likeness (QED) is 0.698. The maximum atomic E-state index is 12.6. The first-order valence-electron chi connectivity index (χ1n) is 8.42. The molecule has 6 heteroatoms. The molecule has 1 atom stereocenters. The van der Waals surface area contributed by atoms with Crippen molar-refractivity contribution in [3.05, 3.63) is 74.7 Å². The van der Waals surface area contributed by atoms with Crippen molar-refractivity contribution >= 4 is 32.7 Å². The summed E-state index contributed by atoms with van der Waals surface area (Å²) in [6.07, 6.45) is 2.17. The average Bonchev–Trinajstić information content (AvgIpc) is 2.60. The zero-order valence-electron chi connectivity index (χ0n) is 14.7. The lowest BCUT2D eigenvalue weighted by atomic mass is 10.1. The van der Waals surface area contributed by atoms with Crippen LogP contribution in [0.5, 0.6) is 0 Å². The van der Waals surface area contributed by atoms with E-state index in [9.17, 15) is 9.59 Å². The number of aromatic nitrogens is 2. The minimum atomic E-state index is -0.203. The lowest BCUT2D eigenvalue weighted by molar-refractivity contribution is -0.122. The van der Waals surface area contributed by atoms with Gasteiger partial charge in [-0.1, -0.05) is 40.2 Å². The molecule has 0 radical (unpaired) electrons. The molecule has 134 valence electrons. The van der Waals surface area contributed by atoms with Gasteiger partial charge in [-0.15, -0.1) is 0 Å². The number of benzene rings is 2. The minimum absolute atomic E-state index is 0.0324. The van der Waals surface area contributed by atoms with E-state index in [0.29, 0.717) is 10.9 Å². The molecule has 1 aromatic heterocycles. The predicted molar refractivity (Wildman–Crippen MR) is 106 cm³/mol. The van der Waals surface area contributed by atoms with Crippen molar-refractivity contribution in [2.45, 2.75) is 32.9 Å². The third kappa shape index (κ3) is 4.19. The number of nitrogens with one attached hydrogen (secondary N) is 1. The van der Waals surface area contributed by atoms with Crippen molar-refractivity contribution in [1.29, 1.82) is 0 Å². The number of para-hydroxylation sites is 1. The SMILES string of the molecule is Cc1cccc2c(=O)n(CC(=O)NC(C)Cc3ccc(Br)cc3)cnc12. The van der Waals surface area contributed by atoms with Gasteiger partial charge in [-0.3, -0.25) is 14.2 Å². The van der Waals surface area contributed by atoms with Crippen LogP contribution in [-0.4, -0.2) is 21.5 Å². The molecule has 0 aliphatic heterocycles. The summed E-state index contributed by atoms with van der Waals surface area (Å²) in [5, 5.41) is 3.47. The van der Waals surface area contributed by atoms with E-state index in [0.717, 1.165) is 22.0 Å². The number of carbonyl (C=O) groups excluding carboxylic acids is 1. The van der Waals surface area contributed by atoms with Crippen LogP contribution < -0.4 is 10.9 Å². The Bertz CT molecular complexity index is 996. The monoisotopic (exact) mass is 413 g/mol. The second kappa shape index (κ2) is 7.83. The number of aryl methyl sites for hydroxylation is 1. The number of rotatable bonds is 5. The third-order valence-electron chi connectivity index (χ3n) is 4.23. The molecule has 2 aromatic carbocycles. The molecular formula is C20H20BrN3O2. The van der Waals surface area contributed by atoms with Gasteiger partial charge in [0, 0.05) is 10.5 Å². The van der Waals surface area contributed by atoms with Crippen molar-refractivity contribution in [1.82, 2.24) is 14.9 Å². The molecule has 3 rings (SSSR count). The van der Waals surface area contributed by atoms with Gasteiger partial charge in [-0.25, -0.2) is 4.98 Å². The molecule has 0 bridgehead atoms. The van der Waals surface area contributed by atoms with Crippen molar-refractivity contribution in [2.24, 2.45) is 0 Å². The van der Waals surface area contributed by atoms with Crippen molar-refractivity contribution in [3.8, 4) is 0 Å². The highest BCUT2D eigenvalue weighted by atomic mass is 79.9. The van der Waals surface area contributed by atoms with Crippen LogP contribution in [0.25, 0.3) is 10.9 Å². The maximum absolute atomic E-state index is 12.6. The van der Waals surface area contributed by atoms with Gasteiger partial charge in [0.1, 0.15) is 6.54 Å². The molecule has 0 aliphatic rings. The fraction of sp³-hybridized carbons (Fsp3) is 0.250. The summed E-state index contributed by atoms with van der Waals surface area (Å²) < 4.78 is 2.38. The van der Waals surface area contributed by atoms with Gasteiger partial charge in [0.2, 0.25) is 5.91 Å². The van der Waals surface area contributed by atoms with Gasteiger partial charge in [0.05, 0.1) is 17.2 Å². The van der Waals surface area contributed by atoms with Gasteiger partial charge in [0.15, 0.2) is 0 Å². The summed E-state index contributed by atoms with van der Waals surface area (Å²) in [6.45, 7) is 3.82. The average molecular weight is 414 g/mol. The van der Waals surface area contributed by atoms with E-state index in [1.54, 1.807) is 6.07 Å². The van der Waals surface area contributed by atoms with E-state index in [-0.39, 0.29) is 24.1 Å². The number of nitrogens with zero attached hydrogens (tertiary/aromatic N) is 2. The third-order valence-corrected chi connectivity index (χ3v) is 4.76. The lowest BCUT2D eigenvalue weighted by Crippen LogP contribution is -2.38. The largest absolute Gasteiger partial charge is 0.352 e. The molecular weight excluding hydrogens is 394 g/mol. The Kier molecular flexibility index (Phi) is 5.52.